The zero-order valence-electron chi connectivity index (χ0n) is 21.7. The van der Waals surface area contributed by atoms with Crippen LogP contribution in [0.15, 0.2) is 47.4 Å². The van der Waals surface area contributed by atoms with E-state index in [-0.39, 0.29) is 52.6 Å². The molecule has 2 aromatic rings. The average molecular weight is 524 g/mol. The van der Waals surface area contributed by atoms with Crippen LogP contribution in [0.5, 0.6) is 28.7 Å². The van der Waals surface area contributed by atoms with Crippen LogP contribution in [0.3, 0.4) is 0 Å². The third kappa shape index (κ3) is 4.26. The first-order chi connectivity index (χ1) is 17.9. The zero-order chi connectivity index (χ0) is 27.9. The Morgan fingerprint density at radius 2 is 1.74 bits per heavy atom. The molecule has 200 valence electrons. The third-order valence-corrected chi connectivity index (χ3v) is 6.86. The predicted octanol–water partition coefficient (Wildman–Crippen LogP) is 2.61. The summed E-state index contributed by atoms with van der Waals surface area (Å²) in [5, 5.41) is 34.6. The Morgan fingerprint density at radius 1 is 1.11 bits per heavy atom. The Balaban J connectivity index is 1.58. The molecule has 1 aliphatic heterocycles. The number of ether oxygens (including phenoxy) is 3. The lowest BCUT2D eigenvalue weighted by Crippen LogP contribution is -2.42. The van der Waals surface area contributed by atoms with E-state index in [1.54, 1.807) is 31.4 Å². The van der Waals surface area contributed by atoms with E-state index in [0.717, 1.165) is 6.08 Å². The van der Waals surface area contributed by atoms with Gasteiger partial charge in [0, 0.05) is 23.9 Å². The highest BCUT2D eigenvalue weighted by atomic mass is 16.5. The van der Waals surface area contributed by atoms with Gasteiger partial charge in [0.2, 0.25) is 0 Å². The molecular formula is C28H29NO9. The molecule has 0 spiro atoms. The molecule has 10 heteroatoms. The molecule has 38 heavy (non-hydrogen) atoms. The van der Waals surface area contributed by atoms with E-state index in [4.69, 9.17) is 14.2 Å². The fourth-order valence-electron chi connectivity index (χ4n) is 4.65. The zero-order valence-corrected chi connectivity index (χ0v) is 21.7. The summed E-state index contributed by atoms with van der Waals surface area (Å²) in [6.07, 6.45) is 0.174. The van der Waals surface area contributed by atoms with Gasteiger partial charge in [-0.1, -0.05) is 0 Å². The van der Waals surface area contributed by atoms with E-state index in [1.807, 2.05) is 0 Å². The molecule has 0 fully saturated rings. The molecule has 0 radical (unpaired) electrons. The highest BCUT2D eigenvalue weighted by molar-refractivity contribution is 6.31. The highest BCUT2D eigenvalue weighted by Gasteiger charge is 2.56. The number of allylic oxidation sites excluding steroid dienone is 4. The Hall–Kier alpha value is -4.31. The number of hydrogen-bond acceptors (Lipinski definition) is 10. The van der Waals surface area contributed by atoms with Crippen LogP contribution >= 0.6 is 0 Å². The SMILES string of the molecule is COc1ccc(OCC(O)CN/C(C)=C2\C(=O)C=C3Oc4c(C(C)=O)c(O)c(C)c(O)c4[C@]3(C)C2=O)cc1. The molecule has 2 aliphatic rings. The second-order valence-corrected chi connectivity index (χ2v) is 9.41. The second-order valence-electron chi connectivity index (χ2n) is 9.41. The van der Waals surface area contributed by atoms with Gasteiger partial charge in [-0.3, -0.25) is 14.4 Å². The number of phenols is 2. The Labute approximate surface area is 219 Å². The van der Waals surface area contributed by atoms with Crippen LogP contribution in [0, 0.1) is 6.92 Å². The van der Waals surface area contributed by atoms with E-state index in [0.29, 0.717) is 11.5 Å². The number of aromatic hydroxyl groups is 2. The number of phenolic OH excluding ortho intramolecular Hbond substituents is 2. The minimum Gasteiger partial charge on any atom is -0.507 e. The topological polar surface area (TPSA) is 152 Å². The molecule has 0 aromatic heterocycles. The molecule has 4 rings (SSSR count). The van der Waals surface area contributed by atoms with Gasteiger partial charge in [0.15, 0.2) is 17.3 Å². The molecule has 10 nitrogen and oxygen atoms in total. The first-order valence-corrected chi connectivity index (χ1v) is 11.9. The Bertz CT molecular complexity index is 1400. The maximum atomic E-state index is 13.8. The monoisotopic (exact) mass is 523 g/mol. The summed E-state index contributed by atoms with van der Waals surface area (Å²) in [4.78, 5) is 39.0. The highest BCUT2D eigenvalue weighted by Crippen LogP contribution is 2.57. The minimum atomic E-state index is -1.61. The largest absolute Gasteiger partial charge is 0.507 e. The molecule has 2 atom stereocenters. The van der Waals surface area contributed by atoms with Crippen LogP contribution in [0.2, 0.25) is 0 Å². The molecule has 2 aromatic carbocycles. The van der Waals surface area contributed by atoms with Crippen LogP contribution in [0.25, 0.3) is 0 Å². The van der Waals surface area contributed by atoms with E-state index in [1.165, 1.54) is 27.7 Å². The van der Waals surface area contributed by atoms with Crippen molar-refractivity contribution in [2.24, 2.45) is 0 Å². The van der Waals surface area contributed by atoms with Crippen molar-refractivity contribution < 1.29 is 43.9 Å². The minimum absolute atomic E-state index is 0.0139. The van der Waals surface area contributed by atoms with Gasteiger partial charge in [-0.25, -0.2) is 0 Å². The van der Waals surface area contributed by atoms with Gasteiger partial charge in [-0.05, 0) is 52.0 Å². The van der Waals surface area contributed by atoms with Gasteiger partial charge in [0.05, 0.1) is 18.2 Å². The van der Waals surface area contributed by atoms with Crippen molar-refractivity contribution in [2.45, 2.75) is 39.2 Å². The third-order valence-electron chi connectivity index (χ3n) is 6.86. The summed E-state index contributed by atoms with van der Waals surface area (Å²) in [7, 11) is 1.55. The molecule has 4 N–H and O–H groups in total. The number of carbonyl (C=O) groups excluding carboxylic acids is 3. The fourth-order valence-corrected chi connectivity index (χ4v) is 4.65. The van der Waals surface area contributed by atoms with Gasteiger partial charge in [-0.15, -0.1) is 0 Å². The summed E-state index contributed by atoms with van der Waals surface area (Å²) >= 11 is 0. The molecule has 0 amide bonds. The number of aliphatic hydroxyl groups excluding tert-OH is 1. The molecule has 1 unspecified atom stereocenters. The van der Waals surface area contributed by atoms with Crippen molar-refractivity contribution in [3.05, 3.63) is 64.1 Å². The normalized spacial score (nSPS) is 20.1. The number of nitrogens with one attached hydrogen (secondary N) is 1. The quantitative estimate of drug-likeness (QED) is 0.231. The lowest BCUT2D eigenvalue weighted by molar-refractivity contribution is -0.123. The number of methoxy groups -OCH3 is 1. The van der Waals surface area contributed by atoms with Gasteiger partial charge in [0.1, 0.15) is 58.2 Å². The Kier molecular flexibility index (Phi) is 6.94. The molecule has 1 heterocycles. The van der Waals surface area contributed by atoms with E-state index >= 15 is 0 Å². The number of fused-ring (bicyclic) bond motifs is 3. The number of hydrogen-bond donors (Lipinski definition) is 4. The molecule has 0 saturated carbocycles. The summed E-state index contributed by atoms with van der Waals surface area (Å²) in [6.45, 7) is 5.61. The van der Waals surface area contributed by atoms with Crippen molar-refractivity contribution in [1.29, 1.82) is 0 Å². The standard InChI is InChI=1S/C28H29NO9/c1-13-24(33)22(15(3)30)26-23(25(13)34)28(4)20(38-26)10-19(32)21(27(28)35)14(2)29-11-16(31)12-37-18-8-6-17(36-5)7-9-18/h6-10,16,29,31,33-34H,11-12H2,1-5H3/b21-14+/t16?,28-/m1/s1. The smallest absolute Gasteiger partial charge is 0.194 e. The summed E-state index contributed by atoms with van der Waals surface area (Å²) in [6, 6.07) is 6.85. The number of rotatable bonds is 8. The number of ketones is 3. The van der Waals surface area contributed by atoms with E-state index in [2.05, 4.69) is 5.32 Å². The van der Waals surface area contributed by atoms with Gasteiger partial charge in [0.25, 0.3) is 0 Å². The van der Waals surface area contributed by atoms with Crippen LogP contribution in [0.1, 0.15) is 42.3 Å². The van der Waals surface area contributed by atoms with Crippen molar-refractivity contribution >= 4 is 17.3 Å². The van der Waals surface area contributed by atoms with Crippen molar-refractivity contribution in [2.75, 3.05) is 20.3 Å². The van der Waals surface area contributed by atoms with Crippen LogP contribution in [-0.4, -0.2) is 59.0 Å². The summed E-state index contributed by atoms with van der Waals surface area (Å²) < 4.78 is 16.4. The predicted molar refractivity (Wildman–Crippen MR) is 136 cm³/mol. The number of aliphatic hydroxyl groups is 1. The molecular weight excluding hydrogens is 494 g/mol. The summed E-state index contributed by atoms with van der Waals surface area (Å²) in [5.74, 6) is -1.64. The molecule has 0 saturated heterocycles. The van der Waals surface area contributed by atoms with Crippen molar-refractivity contribution in [3.8, 4) is 28.7 Å². The average Bonchev–Trinajstić information content (AvgIpc) is 3.17. The van der Waals surface area contributed by atoms with E-state index in [9.17, 15) is 29.7 Å². The fraction of sp³-hybridized carbons (Fsp3) is 0.321. The number of carbonyl (C=O) groups is 3. The molecule has 1 aliphatic carbocycles. The lowest BCUT2D eigenvalue weighted by atomic mass is 9.70. The molecule has 0 bridgehead atoms. The first-order valence-electron chi connectivity index (χ1n) is 11.9. The van der Waals surface area contributed by atoms with E-state index < -0.39 is 40.4 Å². The van der Waals surface area contributed by atoms with Crippen molar-refractivity contribution in [1.82, 2.24) is 5.32 Å². The van der Waals surface area contributed by atoms with Crippen molar-refractivity contribution in [3.63, 3.8) is 0 Å². The maximum Gasteiger partial charge on any atom is 0.194 e. The van der Waals surface area contributed by atoms with Crippen LogP contribution in [-0.2, 0) is 15.0 Å². The van der Waals surface area contributed by atoms with Crippen LogP contribution < -0.4 is 19.5 Å². The lowest BCUT2D eigenvalue weighted by Gasteiger charge is -2.29. The van der Waals surface area contributed by atoms with Gasteiger partial charge in [-0.2, -0.15) is 0 Å². The summed E-state index contributed by atoms with van der Waals surface area (Å²) in [5.41, 5.74) is -1.71. The second kappa shape index (κ2) is 9.86. The van der Waals surface area contributed by atoms with Gasteiger partial charge < -0.3 is 34.8 Å². The number of Topliss-reactive ketones (excluding diaryl/α,β-unsaturated/α-hetero) is 2. The van der Waals surface area contributed by atoms with Gasteiger partial charge >= 0.3 is 0 Å². The first kappa shape index (κ1) is 26.7. The number of benzene rings is 2. The van der Waals surface area contributed by atoms with Crippen LogP contribution in [0.4, 0.5) is 0 Å². The maximum absolute atomic E-state index is 13.8. The Morgan fingerprint density at radius 3 is 2.34 bits per heavy atom.